The molecule has 0 fully saturated rings. The van der Waals surface area contributed by atoms with Gasteiger partial charge in [-0.05, 0) is 53.0 Å². The number of hydrogen-bond donors (Lipinski definition) is 0. The molecule has 0 aliphatic carbocycles. The minimum atomic E-state index is -0.577. The molecule has 144 valence electrons. The monoisotopic (exact) mass is 362 g/mol. The number of allylic oxidation sites excluding steroid dienone is 4. The zero-order valence-corrected chi connectivity index (χ0v) is 16.7. The molecule has 0 saturated carbocycles. The van der Waals surface area contributed by atoms with Crippen molar-refractivity contribution in [1.82, 2.24) is 4.90 Å². The molecule has 0 saturated heterocycles. The van der Waals surface area contributed by atoms with Crippen molar-refractivity contribution in [3.05, 3.63) is 47.8 Å². The van der Waals surface area contributed by atoms with E-state index in [0.29, 0.717) is 23.0 Å². The van der Waals surface area contributed by atoms with Crippen LogP contribution in [0.25, 0.3) is 0 Å². The highest BCUT2D eigenvalue weighted by Gasteiger charge is 2.29. The molecule has 1 aliphatic heterocycles. The van der Waals surface area contributed by atoms with Crippen LogP contribution in [0.15, 0.2) is 52.8 Å². The lowest BCUT2D eigenvalue weighted by atomic mass is 10.2. The second-order valence-electron chi connectivity index (χ2n) is 6.91. The van der Waals surface area contributed by atoms with Gasteiger partial charge in [0, 0.05) is 7.05 Å². The van der Waals surface area contributed by atoms with E-state index >= 15 is 0 Å². The Balaban J connectivity index is 3.13. The number of carbonyl (C=O) groups is 1. The Morgan fingerprint density at radius 2 is 2.04 bits per heavy atom. The fourth-order valence-electron chi connectivity index (χ4n) is 2.21. The molecule has 0 aromatic heterocycles. The molecule has 1 amide bonds. The second-order valence-corrected chi connectivity index (χ2v) is 6.91. The van der Waals surface area contributed by atoms with E-state index in [1.807, 2.05) is 39.8 Å². The Labute approximate surface area is 156 Å². The maximum atomic E-state index is 12.3. The molecule has 1 heterocycles. The maximum Gasteiger partial charge on any atom is 0.410 e. The summed E-state index contributed by atoms with van der Waals surface area (Å²) in [6, 6.07) is 0. The van der Waals surface area contributed by atoms with Gasteiger partial charge in [-0.3, -0.25) is 4.99 Å². The molecular formula is C20H30N2O4. The predicted octanol–water partition coefficient (Wildman–Crippen LogP) is 4.56. The third-order valence-corrected chi connectivity index (χ3v) is 3.44. The summed E-state index contributed by atoms with van der Waals surface area (Å²) < 4.78 is 17.3. The Morgan fingerprint density at radius 1 is 1.38 bits per heavy atom. The van der Waals surface area contributed by atoms with Gasteiger partial charge in [0.2, 0.25) is 0 Å². The lowest BCUT2D eigenvalue weighted by Crippen LogP contribution is -2.39. The van der Waals surface area contributed by atoms with Gasteiger partial charge in [-0.1, -0.05) is 19.6 Å². The van der Waals surface area contributed by atoms with Gasteiger partial charge >= 0.3 is 6.09 Å². The SMILES string of the molecule is C=CC1=C(N=C)C(CN(C)C(=O)OC(C)(C)C)OC(/C=C\CC)=C(C)O1. The van der Waals surface area contributed by atoms with Crippen LogP contribution in [-0.4, -0.2) is 43.0 Å². The summed E-state index contributed by atoms with van der Waals surface area (Å²) in [6.07, 6.45) is 5.23. The van der Waals surface area contributed by atoms with E-state index in [4.69, 9.17) is 14.2 Å². The average Bonchev–Trinajstić information content (AvgIpc) is 2.67. The topological polar surface area (TPSA) is 60.4 Å². The molecule has 0 radical (unpaired) electrons. The van der Waals surface area contributed by atoms with Crippen molar-refractivity contribution in [2.45, 2.75) is 52.7 Å². The van der Waals surface area contributed by atoms with Crippen molar-refractivity contribution in [3.63, 3.8) is 0 Å². The van der Waals surface area contributed by atoms with Crippen LogP contribution in [0.4, 0.5) is 4.79 Å². The van der Waals surface area contributed by atoms with E-state index in [0.717, 1.165) is 6.42 Å². The van der Waals surface area contributed by atoms with E-state index in [1.54, 1.807) is 20.0 Å². The largest absolute Gasteiger partial charge is 0.479 e. The van der Waals surface area contributed by atoms with Crippen LogP contribution in [0.1, 0.15) is 41.0 Å². The number of amides is 1. The summed E-state index contributed by atoms with van der Waals surface area (Å²) in [6.45, 7) is 16.9. The van der Waals surface area contributed by atoms with Gasteiger partial charge in [-0.25, -0.2) is 4.79 Å². The second kappa shape index (κ2) is 9.27. The number of nitrogens with zero attached hydrogens (tertiary/aromatic N) is 2. The Kier molecular flexibility index (Phi) is 7.68. The first-order valence-electron chi connectivity index (χ1n) is 8.62. The third-order valence-electron chi connectivity index (χ3n) is 3.44. The molecule has 6 nitrogen and oxygen atoms in total. The highest BCUT2D eigenvalue weighted by molar-refractivity contribution is 5.67. The van der Waals surface area contributed by atoms with E-state index in [1.165, 1.54) is 4.90 Å². The van der Waals surface area contributed by atoms with Crippen LogP contribution in [0.2, 0.25) is 0 Å². The van der Waals surface area contributed by atoms with Crippen LogP contribution in [0.5, 0.6) is 0 Å². The number of carbonyl (C=O) groups excluding carboxylic acids is 1. The van der Waals surface area contributed by atoms with Crippen molar-refractivity contribution in [2.75, 3.05) is 13.6 Å². The normalized spacial score (nSPS) is 18.2. The first-order valence-corrected chi connectivity index (χ1v) is 8.62. The zero-order chi connectivity index (χ0) is 19.9. The van der Waals surface area contributed by atoms with Crippen molar-refractivity contribution < 1.29 is 19.0 Å². The predicted molar refractivity (Wildman–Crippen MR) is 104 cm³/mol. The van der Waals surface area contributed by atoms with Gasteiger partial charge in [0.1, 0.15) is 17.1 Å². The van der Waals surface area contributed by atoms with Crippen LogP contribution < -0.4 is 0 Å². The van der Waals surface area contributed by atoms with Crippen molar-refractivity contribution in [3.8, 4) is 0 Å². The molecule has 0 bridgehead atoms. The lowest BCUT2D eigenvalue weighted by molar-refractivity contribution is 0.0209. The molecule has 0 N–H and O–H groups in total. The molecule has 6 heteroatoms. The van der Waals surface area contributed by atoms with E-state index in [-0.39, 0.29) is 6.54 Å². The molecule has 26 heavy (non-hydrogen) atoms. The molecular weight excluding hydrogens is 332 g/mol. The summed E-state index contributed by atoms with van der Waals surface area (Å²) in [5.41, 5.74) is -0.0963. The third kappa shape index (κ3) is 6.10. The van der Waals surface area contributed by atoms with Gasteiger partial charge in [0.25, 0.3) is 0 Å². The van der Waals surface area contributed by atoms with Gasteiger partial charge < -0.3 is 19.1 Å². The van der Waals surface area contributed by atoms with Crippen LogP contribution in [-0.2, 0) is 14.2 Å². The van der Waals surface area contributed by atoms with Gasteiger partial charge in [-0.15, -0.1) is 0 Å². The zero-order valence-electron chi connectivity index (χ0n) is 16.7. The number of hydrogen-bond acceptors (Lipinski definition) is 5. The Morgan fingerprint density at radius 3 is 2.54 bits per heavy atom. The minimum Gasteiger partial charge on any atom is -0.479 e. The standard InChI is InChI=1S/C20H30N2O4/c1-9-11-12-16-14(3)24-15(10-2)18(21-7)17(25-16)13-22(8)19(23)26-20(4,5)6/h10-12,17H,2,7,9,13H2,1,3-6,8H3/b12-11-. The average molecular weight is 362 g/mol. The molecule has 0 spiro atoms. The lowest BCUT2D eigenvalue weighted by Gasteiger charge is -2.27. The fraction of sp³-hybridized carbons (Fsp3) is 0.500. The van der Waals surface area contributed by atoms with E-state index in [2.05, 4.69) is 18.3 Å². The summed E-state index contributed by atoms with van der Waals surface area (Å²) >= 11 is 0. The highest BCUT2D eigenvalue weighted by atomic mass is 16.6. The first-order chi connectivity index (χ1) is 12.1. The summed E-state index contributed by atoms with van der Waals surface area (Å²) in [7, 11) is 1.65. The van der Waals surface area contributed by atoms with E-state index in [9.17, 15) is 4.79 Å². The number of likely N-dealkylation sites (N-methyl/N-ethyl adjacent to an activating group) is 1. The maximum absolute atomic E-state index is 12.3. The van der Waals surface area contributed by atoms with Crippen LogP contribution in [0.3, 0.4) is 0 Å². The van der Waals surface area contributed by atoms with Crippen molar-refractivity contribution in [2.24, 2.45) is 4.99 Å². The Hall–Kier alpha value is -2.50. The van der Waals surface area contributed by atoms with Crippen LogP contribution >= 0.6 is 0 Å². The molecule has 1 aliphatic rings. The van der Waals surface area contributed by atoms with Gasteiger partial charge in [0.15, 0.2) is 17.6 Å². The summed E-state index contributed by atoms with van der Waals surface area (Å²) in [5.74, 6) is 1.63. The summed E-state index contributed by atoms with van der Waals surface area (Å²) in [4.78, 5) is 17.8. The smallest absolute Gasteiger partial charge is 0.410 e. The van der Waals surface area contributed by atoms with Crippen LogP contribution in [0, 0.1) is 0 Å². The molecule has 1 unspecified atom stereocenters. The number of ether oxygens (including phenoxy) is 3. The van der Waals surface area contributed by atoms with Crippen molar-refractivity contribution >= 4 is 12.8 Å². The first kappa shape index (κ1) is 21.5. The van der Waals surface area contributed by atoms with Gasteiger partial charge in [0.05, 0.1) is 6.54 Å². The molecule has 1 rings (SSSR count). The fourth-order valence-corrected chi connectivity index (χ4v) is 2.21. The summed E-state index contributed by atoms with van der Waals surface area (Å²) in [5, 5.41) is 0. The highest BCUT2D eigenvalue weighted by Crippen LogP contribution is 2.28. The molecule has 1 atom stereocenters. The van der Waals surface area contributed by atoms with E-state index < -0.39 is 17.8 Å². The quantitative estimate of drug-likeness (QED) is 0.650. The minimum absolute atomic E-state index is 0.223. The van der Waals surface area contributed by atoms with Crippen molar-refractivity contribution in [1.29, 1.82) is 0 Å². The van der Waals surface area contributed by atoms with Gasteiger partial charge in [-0.2, -0.15) is 0 Å². The molecule has 0 aromatic carbocycles. The molecule has 0 aromatic rings. The number of rotatable bonds is 6. The number of aliphatic imine (C=N–C) groups is 1. The Bertz CT molecular complexity index is 639.